The Hall–Kier alpha value is -4.16. The van der Waals surface area contributed by atoms with Gasteiger partial charge in [0.05, 0.1) is 15.8 Å². The van der Waals surface area contributed by atoms with E-state index in [-0.39, 0.29) is 5.97 Å². The maximum atomic E-state index is 12.8. The highest BCUT2D eigenvalue weighted by Gasteiger charge is 2.20. The maximum Gasteiger partial charge on any atom is 0.343 e. The zero-order valence-corrected chi connectivity index (χ0v) is 20.5. The van der Waals surface area contributed by atoms with E-state index in [0.29, 0.717) is 11.3 Å². The number of para-hydroxylation sites is 1. The molecule has 178 valence electrons. The molecule has 36 heavy (non-hydrogen) atoms. The zero-order chi connectivity index (χ0) is 24.3. The molecule has 6 rings (SSSR count). The molecular weight excluding hydrogens is 466 g/mol. The molecule has 4 aromatic carbocycles. The van der Waals surface area contributed by atoms with E-state index >= 15 is 0 Å². The molecule has 5 nitrogen and oxygen atoms in total. The second-order valence-electron chi connectivity index (χ2n) is 8.77. The second-order valence-corrected chi connectivity index (χ2v) is 9.78. The van der Waals surface area contributed by atoms with E-state index in [4.69, 9.17) is 9.72 Å². The number of benzene rings is 4. The summed E-state index contributed by atoms with van der Waals surface area (Å²) in [5.74, 6) is 0.166. The molecule has 5 aromatic rings. The first-order chi connectivity index (χ1) is 17.7. The number of hydrogen-bond acceptors (Lipinski definition) is 6. The standard InChI is InChI=1S/C30H25N3O2S/c34-29(24-13-11-23(12-14-24)22-7-3-1-4-8-22)35-26-15-16-27-28(21-26)36-30(31-27)33-19-17-32(18-20-33)25-9-5-2-6-10-25/h1-16,21H,17-20H2. The lowest BCUT2D eigenvalue weighted by Gasteiger charge is -2.35. The largest absolute Gasteiger partial charge is 0.423 e. The van der Waals surface area contributed by atoms with Crippen LogP contribution in [-0.4, -0.2) is 37.1 Å². The topological polar surface area (TPSA) is 45.7 Å². The molecule has 0 atom stereocenters. The number of esters is 1. The summed E-state index contributed by atoms with van der Waals surface area (Å²) in [5, 5.41) is 1.01. The average molecular weight is 492 g/mol. The fraction of sp³-hybridized carbons (Fsp3) is 0.133. The van der Waals surface area contributed by atoms with Gasteiger partial charge in [-0.3, -0.25) is 0 Å². The van der Waals surface area contributed by atoms with Crippen molar-refractivity contribution < 1.29 is 9.53 Å². The molecule has 1 saturated heterocycles. The van der Waals surface area contributed by atoms with Gasteiger partial charge in [0.1, 0.15) is 5.75 Å². The van der Waals surface area contributed by atoms with Crippen LogP contribution in [0.5, 0.6) is 5.75 Å². The van der Waals surface area contributed by atoms with Crippen LogP contribution in [0.1, 0.15) is 10.4 Å². The van der Waals surface area contributed by atoms with Crippen LogP contribution in [0.2, 0.25) is 0 Å². The molecule has 1 aliphatic heterocycles. The number of ether oxygens (including phenoxy) is 1. The highest BCUT2D eigenvalue weighted by atomic mass is 32.1. The lowest BCUT2D eigenvalue weighted by atomic mass is 10.0. The third-order valence-corrected chi connectivity index (χ3v) is 7.54. The van der Waals surface area contributed by atoms with Gasteiger partial charge in [0.15, 0.2) is 5.13 Å². The molecule has 0 spiro atoms. The number of hydrogen-bond donors (Lipinski definition) is 0. The van der Waals surface area contributed by atoms with E-state index in [9.17, 15) is 4.79 Å². The number of aromatic nitrogens is 1. The number of rotatable bonds is 5. The molecular formula is C30H25N3O2S. The van der Waals surface area contributed by atoms with Crippen molar-refractivity contribution in [2.45, 2.75) is 0 Å². The number of anilines is 2. The van der Waals surface area contributed by atoms with Crippen LogP contribution in [0.25, 0.3) is 21.3 Å². The summed E-state index contributed by atoms with van der Waals surface area (Å²) in [6.07, 6.45) is 0. The van der Waals surface area contributed by atoms with Gasteiger partial charge in [0, 0.05) is 37.9 Å². The molecule has 0 saturated carbocycles. The first-order valence-electron chi connectivity index (χ1n) is 12.1. The predicted octanol–water partition coefficient (Wildman–Crippen LogP) is 6.51. The van der Waals surface area contributed by atoms with E-state index in [0.717, 1.165) is 52.7 Å². The average Bonchev–Trinajstić information content (AvgIpc) is 3.38. The first-order valence-corrected chi connectivity index (χ1v) is 12.9. The second kappa shape index (κ2) is 9.84. The van der Waals surface area contributed by atoms with Crippen molar-refractivity contribution in [1.82, 2.24) is 4.98 Å². The van der Waals surface area contributed by atoms with Crippen molar-refractivity contribution in [1.29, 1.82) is 0 Å². The van der Waals surface area contributed by atoms with Crippen molar-refractivity contribution in [3.05, 3.63) is 109 Å². The van der Waals surface area contributed by atoms with E-state index < -0.39 is 0 Å². The summed E-state index contributed by atoms with van der Waals surface area (Å²) in [7, 11) is 0. The molecule has 0 radical (unpaired) electrons. The fourth-order valence-corrected chi connectivity index (χ4v) is 5.53. The Morgan fingerprint density at radius 3 is 2.08 bits per heavy atom. The van der Waals surface area contributed by atoms with Crippen molar-refractivity contribution in [2.75, 3.05) is 36.0 Å². The fourth-order valence-electron chi connectivity index (χ4n) is 4.48. The van der Waals surface area contributed by atoms with Gasteiger partial charge in [0.25, 0.3) is 0 Å². The van der Waals surface area contributed by atoms with Crippen molar-refractivity contribution in [3.63, 3.8) is 0 Å². The molecule has 0 aliphatic carbocycles. The number of carbonyl (C=O) groups excluding carboxylic acids is 1. The number of piperazine rings is 1. The van der Waals surface area contributed by atoms with Crippen LogP contribution in [0.4, 0.5) is 10.8 Å². The first kappa shape index (κ1) is 22.3. The van der Waals surface area contributed by atoms with Crippen LogP contribution in [0.3, 0.4) is 0 Å². The van der Waals surface area contributed by atoms with Crippen molar-refractivity contribution in [2.24, 2.45) is 0 Å². The van der Waals surface area contributed by atoms with Gasteiger partial charge in [0.2, 0.25) is 0 Å². The minimum Gasteiger partial charge on any atom is -0.423 e. The molecule has 1 aliphatic rings. The van der Waals surface area contributed by atoms with E-state index in [1.165, 1.54) is 5.69 Å². The van der Waals surface area contributed by atoms with Crippen LogP contribution < -0.4 is 14.5 Å². The minimum absolute atomic E-state index is 0.365. The zero-order valence-electron chi connectivity index (χ0n) is 19.7. The Morgan fingerprint density at radius 2 is 1.36 bits per heavy atom. The Kier molecular flexibility index (Phi) is 6.10. The molecule has 0 unspecified atom stereocenters. The van der Waals surface area contributed by atoms with Crippen molar-refractivity contribution in [3.8, 4) is 16.9 Å². The van der Waals surface area contributed by atoms with Gasteiger partial charge < -0.3 is 14.5 Å². The third kappa shape index (κ3) is 4.68. The van der Waals surface area contributed by atoms with Gasteiger partial charge in [-0.05, 0) is 47.5 Å². The smallest absolute Gasteiger partial charge is 0.343 e. The summed E-state index contributed by atoms with van der Waals surface area (Å²) in [6.45, 7) is 3.78. The number of fused-ring (bicyclic) bond motifs is 1. The third-order valence-electron chi connectivity index (χ3n) is 6.46. The van der Waals surface area contributed by atoms with Crippen LogP contribution in [-0.2, 0) is 0 Å². The maximum absolute atomic E-state index is 12.8. The van der Waals surface area contributed by atoms with Gasteiger partial charge in [-0.2, -0.15) is 0 Å². The minimum atomic E-state index is -0.365. The number of thiazole rings is 1. The molecule has 2 heterocycles. The molecule has 0 N–H and O–H groups in total. The normalized spacial score (nSPS) is 13.7. The summed E-state index contributed by atoms with van der Waals surface area (Å²) in [6, 6.07) is 33.8. The van der Waals surface area contributed by atoms with Crippen molar-refractivity contribution >= 4 is 38.3 Å². The van der Waals surface area contributed by atoms with E-state index in [1.807, 2.05) is 66.7 Å². The highest BCUT2D eigenvalue weighted by Crippen LogP contribution is 2.32. The summed E-state index contributed by atoms with van der Waals surface area (Å²) in [4.78, 5) is 22.3. The summed E-state index contributed by atoms with van der Waals surface area (Å²) < 4.78 is 6.71. The Morgan fingerprint density at radius 1 is 0.722 bits per heavy atom. The Balaban J connectivity index is 1.12. The number of carbonyl (C=O) groups is 1. The predicted molar refractivity (Wildman–Crippen MR) is 147 cm³/mol. The van der Waals surface area contributed by atoms with Gasteiger partial charge in [-0.15, -0.1) is 0 Å². The summed E-state index contributed by atoms with van der Waals surface area (Å²) >= 11 is 1.64. The van der Waals surface area contributed by atoms with Gasteiger partial charge >= 0.3 is 5.97 Å². The number of nitrogens with zero attached hydrogens (tertiary/aromatic N) is 3. The molecule has 0 amide bonds. The lowest BCUT2D eigenvalue weighted by molar-refractivity contribution is 0.0735. The Bertz CT molecular complexity index is 1480. The van der Waals surface area contributed by atoms with Gasteiger partial charge in [-0.1, -0.05) is 72.0 Å². The lowest BCUT2D eigenvalue weighted by Crippen LogP contribution is -2.46. The highest BCUT2D eigenvalue weighted by molar-refractivity contribution is 7.22. The SMILES string of the molecule is O=C(Oc1ccc2nc(N3CCN(c4ccccc4)CC3)sc2c1)c1ccc(-c2ccccc2)cc1. The van der Waals surface area contributed by atoms with Gasteiger partial charge in [-0.25, -0.2) is 9.78 Å². The quantitative estimate of drug-likeness (QED) is 0.207. The van der Waals surface area contributed by atoms with E-state index in [2.05, 4.69) is 46.2 Å². The molecule has 1 aromatic heterocycles. The summed E-state index contributed by atoms with van der Waals surface area (Å²) in [5.41, 5.74) is 4.90. The van der Waals surface area contributed by atoms with Crippen LogP contribution >= 0.6 is 11.3 Å². The monoisotopic (exact) mass is 491 g/mol. The molecule has 1 fully saturated rings. The van der Waals surface area contributed by atoms with Crippen LogP contribution in [0, 0.1) is 0 Å². The van der Waals surface area contributed by atoms with E-state index in [1.54, 1.807) is 11.3 Å². The Labute approximate surface area is 214 Å². The molecule has 6 heteroatoms. The van der Waals surface area contributed by atoms with Crippen LogP contribution in [0.15, 0.2) is 103 Å². The molecule has 0 bridgehead atoms.